The molecule has 1 aliphatic rings. The molecule has 6 nitrogen and oxygen atoms in total. The Hall–Kier alpha value is -2.70. The molecule has 0 saturated carbocycles. The molecule has 0 aliphatic carbocycles. The molecular formula is C28H38N4O2. The van der Waals surface area contributed by atoms with Crippen molar-refractivity contribution in [1.29, 1.82) is 0 Å². The van der Waals surface area contributed by atoms with Crippen molar-refractivity contribution in [2.24, 2.45) is 0 Å². The quantitative estimate of drug-likeness (QED) is 0.478. The van der Waals surface area contributed by atoms with Crippen LogP contribution in [0.1, 0.15) is 68.0 Å². The Bertz CT molecular complexity index is 1140. The highest BCUT2D eigenvalue weighted by Crippen LogP contribution is 2.38. The summed E-state index contributed by atoms with van der Waals surface area (Å²) < 4.78 is 0. The second kappa shape index (κ2) is 10.3. The summed E-state index contributed by atoms with van der Waals surface area (Å²) in [7, 11) is 0. The predicted molar refractivity (Wildman–Crippen MR) is 138 cm³/mol. The maximum Gasteiger partial charge on any atom is 0.234 e. The van der Waals surface area contributed by atoms with E-state index in [9.17, 15) is 9.90 Å². The molecule has 0 radical (unpaired) electrons. The summed E-state index contributed by atoms with van der Waals surface area (Å²) in [5, 5.41) is 13.5. The van der Waals surface area contributed by atoms with E-state index in [1.807, 2.05) is 0 Å². The van der Waals surface area contributed by atoms with Crippen LogP contribution in [0.3, 0.4) is 0 Å². The number of nitrogens with zero attached hydrogens (tertiary/aromatic N) is 2. The molecule has 1 atom stereocenters. The van der Waals surface area contributed by atoms with E-state index in [-0.39, 0.29) is 5.91 Å². The monoisotopic (exact) mass is 462 g/mol. The average molecular weight is 463 g/mol. The number of pyridine rings is 1. The Balaban J connectivity index is 1.53. The Morgan fingerprint density at radius 2 is 1.82 bits per heavy atom. The molecule has 1 aromatic carbocycles. The third-order valence-electron chi connectivity index (χ3n) is 6.83. The number of amides is 1. The van der Waals surface area contributed by atoms with Crippen LogP contribution in [0, 0.1) is 13.8 Å². The maximum absolute atomic E-state index is 12.1. The summed E-state index contributed by atoms with van der Waals surface area (Å²) in [6, 6.07) is 11.2. The van der Waals surface area contributed by atoms with E-state index in [4.69, 9.17) is 0 Å². The Morgan fingerprint density at radius 3 is 2.44 bits per heavy atom. The molecule has 34 heavy (non-hydrogen) atoms. The van der Waals surface area contributed by atoms with Gasteiger partial charge in [-0.05, 0) is 93.9 Å². The fraction of sp³-hybridized carbons (Fsp3) is 0.500. The highest BCUT2D eigenvalue weighted by molar-refractivity contribution is 5.92. The minimum Gasteiger partial charge on any atom is -0.392 e. The van der Waals surface area contributed by atoms with E-state index >= 15 is 0 Å². The van der Waals surface area contributed by atoms with E-state index in [1.165, 1.54) is 33.3 Å². The summed E-state index contributed by atoms with van der Waals surface area (Å²) in [5.74, 6) is 0.892. The van der Waals surface area contributed by atoms with E-state index < -0.39 is 6.10 Å². The molecule has 0 bridgehead atoms. The predicted octanol–water partition coefficient (Wildman–Crippen LogP) is 4.65. The van der Waals surface area contributed by atoms with E-state index in [2.05, 4.69) is 78.2 Å². The number of hydrogen-bond donors (Lipinski definition) is 3. The normalized spacial score (nSPS) is 16.3. The number of rotatable bonds is 7. The molecule has 1 amide bonds. The average Bonchev–Trinajstić information content (AvgIpc) is 3.17. The van der Waals surface area contributed by atoms with Crippen molar-refractivity contribution in [2.45, 2.75) is 65.4 Å². The van der Waals surface area contributed by atoms with Crippen molar-refractivity contribution >= 4 is 16.8 Å². The molecule has 1 aliphatic heterocycles. The molecule has 182 valence electrons. The minimum atomic E-state index is -0.513. The van der Waals surface area contributed by atoms with Gasteiger partial charge in [-0.3, -0.25) is 14.7 Å². The van der Waals surface area contributed by atoms with Gasteiger partial charge in [-0.1, -0.05) is 19.9 Å². The van der Waals surface area contributed by atoms with E-state index in [1.54, 1.807) is 6.92 Å². The molecule has 1 fully saturated rings. The van der Waals surface area contributed by atoms with Crippen LogP contribution in [0.5, 0.6) is 0 Å². The lowest BCUT2D eigenvalue weighted by molar-refractivity contribution is -0.122. The number of aromatic nitrogens is 2. The molecule has 6 heteroatoms. The number of piperidine rings is 1. The summed E-state index contributed by atoms with van der Waals surface area (Å²) >= 11 is 0. The summed E-state index contributed by atoms with van der Waals surface area (Å²) in [6.45, 7) is 12.9. The number of H-pyrrole nitrogens is 1. The Morgan fingerprint density at radius 1 is 1.15 bits per heavy atom. The number of aliphatic hydroxyl groups excluding tert-OH is 1. The number of carbonyl (C=O) groups excluding carboxylic acids is 1. The highest BCUT2D eigenvalue weighted by Gasteiger charge is 2.24. The van der Waals surface area contributed by atoms with Crippen LogP contribution < -0.4 is 5.32 Å². The Kier molecular flexibility index (Phi) is 7.39. The fourth-order valence-corrected chi connectivity index (χ4v) is 5.24. The molecule has 3 heterocycles. The van der Waals surface area contributed by atoms with Gasteiger partial charge in [0.05, 0.1) is 18.3 Å². The fourth-order valence-electron chi connectivity index (χ4n) is 5.24. The number of aromatic amines is 1. The molecule has 3 N–H and O–H groups in total. The number of benzene rings is 1. The van der Waals surface area contributed by atoms with Crippen LogP contribution in [0.4, 0.5) is 0 Å². The zero-order valence-corrected chi connectivity index (χ0v) is 21.1. The second-order valence-electron chi connectivity index (χ2n) is 10.2. The van der Waals surface area contributed by atoms with Gasteiger partial charge in [-0.2, -0.15) is 0 Å². The molecule has 4 rings (SSSR count). The van der Waals surface area contributed by atoms with Crippen LogP contribution in [-0.4, -0.2) is 58.2 Å². The standard InChI is InChI=1S/C28H38N4O2/c1-17(2)27-24-14-22(21-8-10-32(11-9-21)16-26(34)29-15-20(5)33)6-7-25(24)31-28(27)23-12-18(3)30-19(4)13-23/h6-7,12-14,17,20-21,31,33H,8-11,15-16H2,1-5H3,(H,29,34). The number of likely N-dealkylation sites (tertiary alicyclic amines) is 1. The van der Waals surface area contributed by atoms with Crippen molar-refractivity contribution in [3.05, 3.63) is 52.8 Å². The SMILES string of the molecule is Cc1cc(-c2[nH]c3ccc(C4CCN(CC(=O)NCC(C)O)CC4)cc3c2C(C)C)cc(C)n1. The summed E-state index contributed by atoms with van der Waals surface area (Å²) in [5.41, 5.74) is 8.42. The number of nitrogens with one attached hydrogen (secondary N) is 2. The van der Waals surface area contributed by atoms with E-state index in [0.29, 0.717) is 24.9 Å². The van der Waals surface area contributed by atoms with Crippen molar-refractivity contribution < 1.29 is 9.90 Å². The van der Waals surface area contributed by atoms with Gasteiger partial charge in [0.1, 0.15) is 0 Å². The van der Waals surface area contributed by atoms with Gasteiger partial charge in [-0.25, -0.2) is 0 Å². The third kappa shape index (κ3) is 5.50. The molecular weight excluding hydrogens is 424 g/mol. The van der Waals surface area contributed by atoms with Crippen molar-refractivity contribution in [2.75, 3.05) is 26.2 Å². The lowest BCUT2D eigenvalue weighted by atomic mass is 9.87. The molecule has 1 saturated heterocycles. The lowest BCUT2D eigenvalue weighted by Crippen LogP contribution is -2.42. The van der Waals surface area contributed by atoms with E-state index in [0.717, 1.165) is 37.3 Å². The van der Waals surface area contributed by atoms with Crippen molar-refractivity contribution in [3.8, 4) is 11.3 Å². The van der Waals surface area contributed by atoms with Crippen LogP contribution in [0.25, 0.3) is 22.2 Å². The van der Waals surface area contributed by atoms with Gasteiger partial charge < -0.3 is 15.4 Å². The summed E-state index contributed by atoms with van der Waals surface area (Å²) in [4.78, 5) is 22.6. The molecule has 0 spiro atoms. The van der Waals surface area contributed by atoms with Gasteiger partial charge in [0, 0.05) is 34.4 Å². The zero-order valence-electron chi connectivity index (χ0n) is 21.1. The van der Waals surface area contributed by atoms with Crippen LogP contribution in [0.2, 0.25) is 0 Å². The van der Waals surface area contributed by atoms with Gasteiger partial charge >= 0.3 is 0 Å². The molecule has 1 unspecified atom stereocenters. The first kappa shape index (κ1) is 24.4. The zero-order chi connectivity index (χ0) is 24.4. The van der Waals surface area contributed by atoms with Gasteiger partial charge in [0.15, 0.2) is 0 Å². The maximum atomic E-state index is 12.1. The molecule has 3 aromatic rings. The minimum absolute atomic E-state index is 0.0104. The number of fused-ring (bicyclic) bond motifs is 1. The highest BCUT2D eigenvalue weighted by atomic mass is 16.3. The smallest absolute Gasteiger partial charge is 0.234 e. The van der Waals surface area contributed by atoms with Gasteiger partial charge in [-0.15, -0.1) is 0 Å². The van der Waals surface area contributed by atoms with Crippen LogP contribution in [-0.2, 0) is 4.79 Å². The largest absolute Gasteiger partial charge is 0.392 e. The van der Waals surface area contributed by atoms with Crippen molar-refractivity contribution in [3.63, 3.8) is 0 Å². The summed E-state index contributed by atoms with van der Waals surface area (Å²) in [6.07, 6.45) is 1.58. The molecule has 2 aromatic heterocycles. The van der Waals surface area contributed by atoms with Crippen LogP contribution >= 0.6 is 0 Å². The second-order valence-corrected chi connectivity index (χ2v) is 10.2. The first-order valence-corrected chi connectivity index (χ1v) is 12.5. The first-order chi connectivity index (χ1) is 16.2. The van der Waals surface area contributed by atoms with Gasteiger partial charge in [0.25, 0.3) is 0 Å². The van der Waals surface area contributed by atoms with Crippen molar-refractivity contribution in [1.82, 2.24) is 20.2 Å². The number of carbonyl (C=O) groups is 1. The lowest BCUT2D eigenvalue weighted by Gasteiger charge is -2.31. The number of hydrogen-bond acceptors (Lipinski definition) is 4. The Labute approximate surface area is 202 Å². The topological polar surface area (TPSA) is 81.2 Å². The number of aliphatic hydroxyl groups is 1. The van der Waals surface area contributed by atoms with Gasteiger partial charge in [0.2, 0.25) is 5.91 Å². The van der Waals surface area contributed by atoms with Crippen LogP contribution in [0.15, 0.2) is 30.3 Å². The first-order valence-electron chi connectivity index (χ1n) is 12.5. The number of aryl methyl sites for hydroxylation is 2. The third-order valence-corrected chi connectivity index (χ3v) is 6.83.